The first kappa shape index (κ1) is 25.4. The van der Waals surface area contributed by atoms with Gasteiger partial charge >= 0.3 is 11.9 Å². The predicted molar refractivity (Wildman–Crippen MR) is 106 cm³/mol. The third kappa shape index (κ3) is 12.7. The number of benzene rings is 1. The van der Waals surface area contributed by atoms with Crippen LogP contribution in [0.1, 0.15) is 24.8 Å². The molecule has 0 heterocycles. The standard InChI is InChI=1S/C18H29NO3.C2H2O4/c1-4-8-16-15-17(21-3)9-10-18(16)22-14-6-5-11-19-12-7-13-20-2;3-1(4)2(5)6/h4,9-10,15,19H,1,5-8,11-14H2,2-3H3;(H,3,4)(H,5,6). The van der Waals surface area contributed by atoms with E-state index in [0.717, 1.165) is 69.0 Å². The van der Waals surface area contributed by atoms with E-state index in [0.29, 0.717) is 0 Å². The molecule has 1 aromatic carbocycles. The van der Waals surface area contributed by atoms with E-state index in [2.05, 4.69) is 11.9 Å². The molecule has 1 rings (SSSR count). The maximum atomic E-state index is 9.10. The average molecular weight is 397 g/mol. The normalized spacial score (nSPS) is 9.79. The van der Waals surface area contributed by atoms with Gasteiger partial charge in [0.25, 0.3) is 0 Å². The summed E-state index contributed by atoms with van der Waals surface area (Å²) in [4.78, 5) is 18.2. The molecule has 0 radical (unpaired) electrons. The van der Waals surface area contributed by atoms with Crippen LogP contribution >= 0.6 is 0 Å². The van der Waals surface area contributed by atoms with Crippen molar-refractivity contribution < 1.29 is 34.0 Å². The molecule has 3 N–H and O–H groups in total. The van der Waals surface area contributed by atoms with Gasteiger partial charge < -0.3 is 29.7 Å². The highest BCUT2D eigenvalue weighted by Crippen LogP contribution is 2.25. The van der Waals surface area contributed by atoms with Crippen molar-refractivity contribution in [2.75, 3.05) is 40.5 Å². The Morgan fingerprint density at radius 1 is 1.07 bits per heavy atom. The first-order chi connectivity index (χ1) is 13.5. The largest absolute Gasteiger partial charge is 0.497 e. The Morgan fingerprint density at radius 2 is 1.75 bits per heavy atom. The van der Waals surface area contributed by atoms with Crippen molar-refractivity contribution in [1.82, 2.24) is 5.32 Å². The summed E-state index contributed by atoms with van der Waals surface area (Å²) in [5.41, 5.74) is 1.12. The molecule has 8 heteroatoms. The molecular weight excluding hydrogens is 366 g/mol. The molecule has 0 fully saturated rings. The summed E-state index contributed by atoms with van der Waals surface area (Å²) < 4.78 is 16.1. The number of hydrogen-bond donors (Lipinski definition) is 3. The van der Waals surface area contributed by atoms with Gasteiger partial charge in [0, 0.05) is 19.3 Å². The van der Waals surface area contributed by atoms with Gasteiger partial charge in [0.05, 0.1) is 13.7 Å². The lowest BCUT2D eigenvalue weighted by atomic mass is 10.1. The summed E-state index contributed by atoms with van der Waals surface area (Å²) in [6.45, 7) is 7.38. The van der Waals surface area contributed by atoms with Gasteiger partial charge in [-0.3, -0.25) is 0 Å². The fourth-order valence-electron chi connectivity index (χ4n) is 2.14. The van der Waals surface area contributed by atoms with Crippen LogP contribution in [0.4, 0.5) is 0 Å². The summed E-state index contributed by atoms with van der Waals surface area (Å²) in [6.07, 6.45) is 5.87. The Labute approximate surface area is 166 Å². The van der Waals surface area contributed by atoms with Gasteiger partial charge in [-0.15, -0.1) is 6.58 Å². The molecule has 0 amide bonds. The van der Waals surface area contributed by atoms with Crippen LogP contribution in [0.15, 0.2) is 30.9 Å². The van der Waals surface area contributed by atoms with Crippen LogP contribution in [0.25, 0.3) is 0 Å². The van der Waals surface area contributed by atoms with E-state index in [9.17, 15) is 0 Å². The van der Waals surface area contributed by atoms with Crippen LogP contribution in [-0.2, 0) is 20.7 Å². The number of hydrogen-bond acceptors (Lipinski definition) is 6. The molecule has 28 heavy (non-hydrogen) atoms. The van der Waals surface area contributed by atoms with Crippen LogP contribution in [0.2, 0.25) is 0 Å². The van der Waals surface area contributed by atoms with Gasteiger partial charge in [0.15, 0.2) is 0 Å². The van der Waals surface area contributed by atoms with Crippen LogP contribution in [0, 0.1) is 0 Å². The number of rotatable bonds is 13. The highest BCUT2D eigenvalue weighted by Gasteiger charge is 2.05. The van der Waals surface area contributed by atoms with Crippen molar-refractivity contribution in [3.8, 4) is 11.5 Å². The topological polar surface area (TPSA) is 114 Å². The molecule has 0 bridgehead atoms. The Hall–Kier alpha value is -2.58. The highest BCUT2D eigenvalue weighted by molar-refractivity contribution is 6.27. The van der Waals surface area contributed by atoms with Crippen molar-refractivity contribution in [3.63, 3.8) is 0 Å². The summed E-state index contributed by atoms with van der Waals surface area (Å²) in [7, 11) is 3.41. The van der Waals surface area contributed by atoms with E-state index in [1.807, 2.05) is 24.3 Å². The quantitative estimate of drug-likeness (QED) is 0.264. The highest BCUT2D eigenvalue weighted by atomic mass is 16.5. The lowest BCUT2D eigenvalue weighted by Crippen LogP contribution is -2.18. The second kappa shape index (κ2) is 16.6. The van der Waals surface area contributed by atoms with Gasteiger partial charge in [-0.05, 0) is 57.0 Å². The van der Waals surface area contributed by atoms with Crippen molar-refractivity contribution in [1.29, 1.82) is 0 Å². The molecule has 0 atom stereocenters. The molecule has 158 valence electrons. The van der Waals surface area contributed by atoms with Crippen LogP contribution in [0.3, 0.4) is 0 Å². The zero-order chi connectivity index (χ0) is 21.2. The van der Waals surface area contributed by atoms with Crippen LogP contribution < -0.4 is 14.8 Å². The van der Waals surface area contributed by atoms with Gasteiger partial charge in [-0.1, -0.05) is 6.08 Å². The molecule has 0 saturated carbocycles. The van der Waals surface area contributed by atoms with Crippen molar-refractivity contribution in [3.05, 3.63) is 36.4 Å². The number of carboxylic acid groups (broad SMARTS) is 2. The first-order valence-electron chi connectivity index (χ1n) is 9.02. The van der Waals surface area contributed by atoms with Crippen molar-refractivity contribution in [2.45, 2.75) is 25.7 Å². The Kier molecular flexibility index (Phi) is 15.1. The van der Waals surface area contributed by atoms with Crippen molar-refractivity contribution >= 4 is 11.9 Å². The average Bonchev–Trinajstić information content (AvgIpc) is 2.68. The maximum absolute atomic E-state index is 9.10. The van der Waals surface area contributed by atoms with E-state index >= 15 is 0 Å². The van der Waals surface area contributed by atoms with Gasteiger partial charge in [-0.2, -0.15) is 0 Å². The Morgan fingerprint density at radius 3 is 2.32 bits per heavy atom. The van der Waals surface area contributed by atoms with E-state index in [4.69, 9.17) is 34.0 Å². The number of aliphatic carboxylic acids is 2. The minimum absolute atomic E-state index is 0.732. The number of allylic oxidation sites excluding steroid dienone is 1. The van der Waals surface area contributed by atoms with E-state index in [1.165, 1.54) is 0 Å². The second-order valence-corrected chi connectivity index (χ2v) is 5.73. The monoisotopic (exact) mass is 397 g/mol. The van der Waals surface area contributed by atoms with Gasteiger partial charge in [0.2, 0.25) is 0 Å². The zero-order valence-electron chi connectivity index (χ0n) is 16.6. The van der Waals surface area contributed by atoms with Crippen LogP contribution in [-0.4, -0.2) is 62.7 Å². The smallest absolute Gasteiger partial charge is 0.414 e. The first-order valence-corrected chi connectivity index (χ1v) is 9.02. The molecular formula is C20H31NO7. The molecule has 0 unspecified atom stereocenters. The summed E-state index contributed by atoms with van der Waals surface area (Å²) in [5.74, 6) is -1.87. The lowest BCUT2D eigenvalue weighted by Gasteiger charge is -2.12. The summed E-state index contributed by atoms with van der Waals surface area (Å²) in [5, 5.41) is 18.2. The molecule has 0 aliphatic carbocycles. The van der Waals surface area contributed by atoms with E-state index in [1.54, 1.807) is 14.2 Å². The Balaban J connectivity index is 0.00000105. The molecule has 0 saturated heterocycles. The zero-order valence-corrected chi connectivity index (χ0v) is 16.6. The van der Waals surface area contributed by atoms with Crippen molar-refractivity contribution in [2.24, 2.45) is 0 Å². The van der Waals surface area contributed by atoms with E-state index < -0.39 is 11.9 Å². The number of nitrogens with one attached hydrogen (secondary N) is 1. The number of carbonyl (C=O) groups is 2. The van der Waals surface area contributed by atoms with E-state index in [-0.39, 0.29) is 0 Å². The minimum atomic E-state index is -1.82. The SMILES string of the molecule is C=CCc1cc(OC)ccc1OCCCCNCCCOC.O=C(O)C(=O)O. The molecule has 8 nitrogen and oxygen atoms in total. The summed E-state index contributed by atoms with van der Waals surface area (Å²) >= 11 is 0. The number of unbranched alkanes of at least 4 members (excludes halogenated alkanes) is 1. The number of methoxy groups -OCH3 is 2. The number of ether oxygens (including phenoxy) is 3. The fraction of sp³-hybridized carbons (Fsp3) is 0.500. The lowest BCUT2D eigenvalue weighted by molar-refractivity contribution is -0.159. The second-order valence-electron chi connectivity index (χ2n) is 5.73. The molecule has 0 aliphatic heterocycles. The molecule has 0 spiro atoms. The third-order valence-electron chi connectivity index (χ3n) is 3.52. The predicted octanol–water partition coefficient (Wildman–Crippen LogP) is 2.36. The van der Waals surface area contributed by atoms with Crippen LogP contribution in [0.5, 0.6) is 11.5 Å². The van der Waals surface area contributed by atoms with Gasteiger partial charge in [0.1, 0.15) is 11.5 Å². The minimum Gasteiger partial charge on any atom is -0.497 e. The number of carboxylic acids is 2. The third-order valence-corrected chi connectivity index (χ3v) is 3.52. The summed E-state index contributed by atoms with van der Waals surface area (Å²) in [6, 6.07) is 5.91. The fourth-order valence-corrected chi connectivity index (χ4v) is 2.14. The van der Waals surface area contributed by atoms with Gasteiger partial charge in [-0.25, -0.2) is 9.59 Å². The Bertz CT molecular complexity index is 578. The molecule has 1 aromatic rings. The maximum Gasteiger partial charge on any atom is 0.414 e. The molecule has 0 aromatic heterocycles. The molecule has 0 aliphatic rings.